The second-order valence-electron chi connectivity index (χ2n) is 14.0. The van der Waals surface area contributed by atoms with Crippen LogP contribution in [0.5, 0.6) is 0 Å². The third-order valence-electron chi connectivity index (χ3n) is 9.06. The summed E-state index contributed by atoms with van der Waals surface area (Å²) in [5, 5.41) is 4.38. The number of nitrogens with zero attached hydrogens (tertiary/aromatic N) is 1. The van der Waals surface area contributed by atoms with E-state index < -0.39 is 61.8 Å². The van der Waals surface area contributed by atoms with Crippen molar-refractivity contribution in [2.45, 2.75) is 76.8 Å². The van der Waals surface area contributed by atoms with E-state index in [2.05, 4.69) is 10.6 Å². The number of hydrogen-bond acceptors (Lipinski definition) is 7. The van der Waals surface area contributed by atoms with E-state index in [-0.39, 0.29) is 30.0 Å². The SMILES string of the molecule is COC(=O)c1cccc(COC(=O)Nc2ccc(-c3ccccc3)n(CC(=O)NC(Cc3ccccc3)C(O[Si](C)(C)C(C)(C)C)C(F)(F)F)c2=O)c1. The Morgan fingerprint density at radius 3 is 2.08 bits per heavy atom. The van der Waals surface area contributed by atoms with Gasteiger partial charge >= 0.3 is 18.2 Å². The van der Waals surface area contributed by atoms with Crippen LogP contribution < -0.4 is 16.2 Å². The Hall–Kier alpha value is -5.21. The van der Waals surface area contributed by atoms with E-state index in [1.165, 1.54) is 31.4 Å². The molecule has 2 unspecified atom stereocenters. The molecule has 1 heterocycles. The van der Waals surface area contributed by atoms with Gasteiger partial charge in [-0.25, -0.2) is 9.59 Å². The Bertz CT molecular complexity index is 1950. The number of hydrogen-bond donors (Lipinski definition) is 2. The van der Waals surface area contributed by atoms with Crippen molar-refractivity contribution in [2.24, 2.45) is 0 Å². The van der Waals surface area contributed by atoms with Crippen LogP contribution in [0, 0.1) is 0 Å². The Morgan fingerprint density at radius 1 is 0.849 bits per heavy atom. The van der Waals surface area contributed by atoms with Gasteiger partial charge in [-0.1, -0.05) is 93.6 Å². The molecular formula is C39H44F3N3O7Si. The maximum Gasteiger partial charge on any atom is 0.415 e. The number of rotatable bonds is 13. The van der Waals surface area contributed by atoms with Crippen molar-refractivity contribution in [2.75, 3.05) is 12.4 Å². The maximum atomic E-state index is 14.9. The van der Waals surface area contributed by atoms with Crippen LogP contribution in [0.4, 0.5) is 23.7 Å². The number of methoxy groups -OCH3 is 1. The maximum absolute atomic E-state index is 14.9. The van der Waals surface area contributed by atoms with Crippen molar-refractivity contribution in [3.8, 4) is 11.3 Å². The van der Waals surface area contributed by atoms with E-state index in [0.29, 0.717) is 16.7 Å². The molecule has 4 rings (SSSR count). The fourth-order valence-electron chi connectivity index (χ4n) is 5.26. The van der Waals surface area contributed by atoms with Gasteiger partial charge in [-0.05, 0) is 65.5 Å². The number of benzene rings is 3. The molecule has 14 heteroatoms. The zero-order valence-corrected chi connectivity index (χ0v) is 31.5. The number of pyridine rings is 1. The van der Waals surface area contributed by atoms with E-state index in [1.54, 1.807) is 85.9 Å². The zero-order valence-electron chi connectivity index (χ0n) is 30.5. The lowest BCUT2D eigenvalue weighted by Gasteiger charge is -2.42. The van der Waals surface area contributed by atoms with Crippen molar-refractivity contribution in [1.82, 2.24) is 9.88 Å². The monoisotopic (exact) mass is 751 g/mol. The quantitative estimate of drug-likeness (QED) is 0.106. The molecule has 0 aliphatic heterocycles. The highest BCUT2D eigenvalue weighted by Gasteiger charge is 2.51. The number of alkyl halides is 3. The molecule has 0 saturated carbocycles. The predicted octanol–water partition coefficient (Wildman–Crippen LogP) is 7.73. The molecule has 1 aromatic heterocycles. The second-order valence-corrected chi connectivity index (χ2v) is 18.7. The molecule has 0 fully saturated rings. The first-order valence-electron chi connectivity index (χ1n) is 16.9. The van der Waals surface area contributed by atoms with Crippen LogP contribution in [0.2, 0.25) is 18.1 Å². The van der Waals surface area contributed by atoms with Gasteiger partial charge in [-0.15, -0.1) is 0 Å². The number of amides is 2. The third-order valence-corrected chi connectivity index (χ3v) is 13.5. The highest BCUT2D eigenvalue weighted by atomic mass is 28.4. The lowest BCUT2D eigenvalue weighted by molar-refractivity contribution is -0.206. The number of anilines is 1. The normalized spacial score (nSPS) is 13.1. The molecule has 0 spiro atoms. The number of carbonyl (C=O) groups is 3. The van der Waals surface area contributed by atoms with Gasteiger partial charge in [-0.3, -0.25) is 19.5 Å². The Labute approximate surface area is 307 Å². The Kier molecular flexibility index (Phi) is 13.1. The van der Waals surface area contributed by atoms with Gasteiger partial charge < -0.3 is 19.2 Å². The summed E-state index contributed by atoms with van der Waals surface area (Å²) in [5.74, 6) is -1.44. The molecular weight excluding hydrogens is 708 g/mol. The van der Waals surface area contributed by atoms with Gasteiger partial charge in [0.05, 0.1) is 24.4 Å². The summed E-state index contributed by atoms with van der Waals surface area (Å²) in [6, 6.07) is 24.7. The molecule has 0 aliphatic carbocycles. The molecule has 0 saturated heterocycles. The number of aromatic nitrogens is 1. The Morgan fingerprint density at radius 2 is 1.47 bits per heavy atom. The number of esters is 1. The molecule has 53 heavy (non-hydrogen) atoms. The average Bonchev–Trinajstić information content (AvgIpc) is 3.11. The van der Waals surface area contributed by atoms with Crippen LogP contribution in [-0.4, -0.2) is 56.3 Å². The van der Waals surface area contributed by atoms with Gasteiger partial charge in [0, 0.05) is 0 Å². The van der Waals surface area contributed by atoms with Crippen LogP contribution in [0.1, 0.15) is 42.3 Å². The summed E-state index contributed by atoms with van der Waals surface area (Å²) in [7, 11) is -1.76. The molecule has 2 atom stereocenters. The van der Waals surface area contributed by atoms with Crippen LogP contribution >= 0.6 is 0 Å². The smallest absolute Gasteiger partial charge is 0.415 e. The summed E-state index contributed by atoms with van der Waals surface area (Å²) in [6.45, 7) is 7.99. The van der Waals surface area contributed by atoms with E-state index in [0.717, 1.165) is 4.57 Å². The fraction of sp³-hybridized carbons (Fsp3) is 0.333. The molecule has 2 N–H and O–H groups in total. The molecule has 10 nitrogen and oxygen atoms in total. The average molecular weight is 752 g/mol. The van der Waals surface area contributed by atoms with Gasteiger partial charge in [-0.2, -0.15) is 13.2 Å². The summed E-state index contributed by atoms with van der Waals surface area (Å²) in [4.78, 5) is 52.4. The number of ether oxygens (including phenoxy) is 2. The number of halogens is 3. The third kappa shape index (κ3) is 10.9. The van der Waals surface area contributed by atoms with Crippen molar-refractivity contribution in [3.05, 3.63) is 124 Å². The fourth-order valence-corrected chi connectivity index (χ4v) is 6.55. The first-order valence-corrected chi connectivity index (χ1v) is 19.8. The summed E-state index contributed by atoms with van der Waals surface area (Å²) in [6.07, 6.45) is -8.36. The minimum absolute atomic E-state index is 0.193. The minimum Gasteiger partial charge on any atom is -0.465 e. The molecule has 4 aromatic rings. The molecule has 0 radical (unpaired) electrons. The van der Waals surface area contributed by atoms with Gasteiger partial charge in [0.1, 0.15) is 18.8 Å². The van der Waals surface area contributed by atoms with Crippen LogP contribution in [0.25, 0.3) is 11.3 Å². The predicted molar refractivity (Wildman–Crippen MR) is 198 cm³/mol. The van der Waals surface area contributed by atoms with Crippen molar-refractivity contribution in [1.29, 1.82) is 0 Å². The standard InChI is InChI=1S/C39H44F3N3O7Si/c1-38(2,3)53(5,6)52-34(39(40,41)42)31(23-26-14-9-7-10-15-26)43-33(46)24-45-32(28-17-11-8-12-18-28)21-20-30(35(45)47)44-37(49)51-25-27-16-13-19-29(22-27)36(48)50-4/h7-22,31,34H,23-25H2,1-6H3,(H,43,46)(H,44,49). The summed E-state index contributed by atoms with van der Waals surface area (Å²) >= 11 is 0. The Balaban J connectivity index is 1.64. The topological polar surface area (TPSA) is 125 Å². The first-order chi connectivity index (χ1) is 24.9. The number of nitrogens with one attached hydrogen (secondary N) is 2. The van der Waals surface area contributed by atoms with E-state index in [9.17, 15) is 32.3 Å². The van der Waals surface area contributed by atoms with Crippen LogP contribution in [-0.2, 0) is 38.3 Å². The van der Waals surface area contributed by atoms with Crippen molar-refractivity contribution < 1.29 is 41.5 Å². The first kappa shape index (κ1) is 40.6. The molecule has 0 bridgehead atoms. The second kappa shape index (κ2) is 17.1. The van der Waals surface area contributed by atoms with E-state index in [4.69, 9.17) is 13.9 Å². The van der Waals surface area contributed by atoms with Crippen LogP contribution in [0.3, 0.4) is 0 Å². The largest absolute Gasteiger partial charge is 0.465 e. The van der Waals surface area contributed by atoms with Gasteiger partial charge in [0.25, 0.3) is 5.56 Å². The summed E-state index contributed by atoms with van der Waals surface area (Å²) in [5.41, 5.74) is 1.09. The highest BCUT2D eigenvalue weighted by molar-refractivity contribution is 6.74. The van der Waals surface area contributed by atoms with Gasteiger partial charge in [0.2, 0.25) is 5.91 Å². The minimum atomic E-state index is -4.83. The number of carbonyl (C=O) groups excluding carboxylic acids is 3. The molecule has 3 aromatic carbocycles. The zero-order chi connectivity index (χ0) is 39.0. The van der Waals surface area contributed by atoms with Crippen molar-refractivity contribution in [3.63, 3.8) is 0 Å². The highest BCUT2D eigenvalue weighted by Crippen LogP contribution is 2.40. The summed E-state index contributed by atoms with van der Waals surface area (Å²) < 4.78 is 61.6. The molecule has 0 aliphatic rings. The lowest BCUT2D eigenvalue weighted by Crippen LogP contribution is -2.58. The van der Waals surface area contributed by atoms with E-state index >= 15 is 0 Å². The van der Waals surface area contributed by atoms with E-state index in [1.807, 2.05) is 20.8 Å². The molecule has 282 valence electrons. The van der Waals surface area contributed by atoms with Crippen LogP contribution in [0.15, 0.2) is 102 Å². The lowest BCUT2D eigenvalue weighted by atomic mass is 10.0. The molecule has 2 amide bonds. The van der Waals surface area contributed by atoms with Crippen molar-refractivity contribution >= 4 is 32.0 Å². The van der Waals surface area contributed by atoms with Gasteiger partial charge in [0.15, 0.2) is 14.4 Å².